The second-order valence-corrected chi connectivity index (χ2v) is 5.72. The van der Waals surface area contributed by atoms with Crippen LogP contribution < -0.4 is 10.1 Å². The van der Waals surface area contributed by atoms with E-state index in [1.807, 2.05) is 30.3 Å². The van der Waals surface area contributed by atoms with Crippen molar-refractivity contribution in [2.45, 2.75) is 18.8 Å². The molecule has 0 radical (unpaired) electrons. The molecule has 4 rings (SSSR count). The van der Waals surface area contributed by atoms with Crippen molar-refractivity contribution in [2.24, 2.45) is 0 Å². The van der Waals surface area contributed by atoms with Crippen LogP contribution in [0, 0.1) is 0 Å². The predicted octanol–water partition coefficient (Wildman–Crippen LogP) is 3.11. The molecular formula is C18H15NO4. The highest BCUT2D eigenvalue weighted by molar-refractivity contribution is 6.10. The van der Waals surface area contributed by atoms with Crippen molar-refractivity contribution in [3.8, 4) is 5.75 Å². The third-order valence-corrected chi connectivity index (χ3v) is 4.40. The Hall–Kier alpha value is -2.82. The highest BCUT2D eigenvalue weighted by Gasteiger charge is 2.30. The molecule has 3 aromatic rings. The van der Waals surface area contributed by atoms with Crippen molar-refractivity contribution in [1.82, 2.24) is 5.32 Å². The lowest BCUT2D eigenvalue weighted by molar-refractivity contribution is -0.134. The predicted molar refractivity (Wildman–Crippen MR) is 85.4 cm³/mol. The number of hydrogen-bond acceptors (Lipinski definition) is 4. The lowest BCUT2D eigenvalue weighted by Crippen LogP contribution is -2.39. The Kier molecular flexibility index (Phi) is 3.08. The number of nitrogens with one attached hydrogen (secondary N) is 1. The number of rotatable bonds is 2. The van der Waals surface area contributed by atoms with Gasteiger partial charge in [-0.25, -0.2) is 0 Å². The second-order valence-electron chi connectivity index (χ2n) is 5.72. The van der Waals surface area contributed by atoms with E-state index in [9.17, 15) is 9.59 Å². The van der Waals surface area contributed by atoms with E-state index >= 15 is 0 Å². The van der Waals surface area contributed by atoms with E-state index in [1.54, 1.807) is 13.4 Å². The van der Waals surface area contributed by atoms with Crippen molar-refractivity contribution in [3.63, 3.8) is 0 Å². The molecule has 0 unspecified atom stereocenters. The van der Waals surface area contributed by atoms with E-state index in [-0.39, 0.29) is 17.7 Å². The molecule has 23 heavy (non-hydrogen) atoms. The molecule has 5 nitrogen and oxygen atoms in total. The zero-order valence-corrected chi connectivity index (χ0v) is 12.6. The minimum atomic E-state index is -0.360. The average Bonchev–Trinajstić information content (AvgIpc) is 2.98. The lowest BCUT2D eigenvalue weighted by atomic mass is 9.89. The van der Waals surface area contributed by atoms with E-state index in [1.165, 1.54) is 0 Å². The minimum absolute atomic E-state index is 0.214. The summed E-state index contributed by atoms with van der Waals surface area (Å²) in [4.78, 5) is 23.6. The molecule has 0 saturated carbocycles. The molecule has 1 saturated heterocycles. The van der Waals surface area contributed by atoms with Crippen LogP contribution in [0.25, 0.3) is 21.7 Å². The van der Waals surface area contributed by atoms with Crippen molar-refractivity contribution in [3.05, 3.63) is 42.2 Å². The summed E-state index contributed by atoms with van der Waals surface area (Å²) >= 11 is 0. The molecule has 2 aromatic carbocycles. The number of furan rings is 1. The first kappa shape index (κ1) is 13.8. The third-order valence-electron chi connectivity index (χ3n) is 4.40. The average molecular weight is 309 g/mol. The van der Waals surface area contributed by atoms with Gasteiger partial charge in [0.25, 0.3) is 0 Å². The van der Waals surface area contributed by atoms with Gasteiger partial charge in [-0.2, -0.15) is 0 Å². The van der Waals surface area contributed by atoms with E-state index in [2.05, 4.69) is 5.32 Å². The first-order valence-corrected chi connectivity index (χ1v) is 7.49. The summed E-state index contributed by atoms with van der Waals surface area (Å²) in [6.45, 7) is 0. The van der Waals surface area contributed by atoms with Crippen LogP contribution in [0.15, 0.2) is 41.0 Å². The SMILES string of the molecule is COc1ccc2c(ccc3occ([C@H]4CCC(=O)NC4=O)c32)c1. The molecule has 1 fully saturated rings. The summed E-state index contributed by atoms with van der Waals surface area (Å²) in [5, 5.41) is 5.37. The van der Waals surface area contributed by atoms with E-state index in [0.29, 0.717) is 12.8 Å². The highest BCUT2D eigenvalue weighted by atomic mass is 16.5. The monoisotopic (exact) mass is 309 g/mol. The molecule has 116 valence electrons. The van der Waals surface area contributed by atoms with E-state index in [4.69, 9.17) is 9.15 Å². The summed E-state index contributed by atoms with van der Waals surface area (Å²) in [6.07, 6.45) is 2.49. The Morgan fingerprint density at radius 3 is 2.87 bits per heavy atom. The van der Waals surface area contributed by atoms with Gasteiger partial charge >= 0.3 is 0 Å². The van der Waals surface area contributed by atoms with Gasteiger partial charge in [-0.3, -0.25) is 14.9 Å². The van der Waals surface area contributed by atoms with Gasteiger partial charge in [-0.1, -0.05) is 6.07 Å². The van der Waals surface area contributed by atoms with Crippen molar-refractivity contribution < 1.29 is 18.7 Å². The van der Waals surface area contributed by atoms with Crippen LogP contribution in [0.5, 0.6) is 5.75 Å². The molecule has 2 amide bonds. The van der Waals surface area contributed by atoms with Gasteiger partial charge < -0.3 is 9.15 Å². The fraction of sp³-hybridized carbons (Fsp3) is 0.222. The van der Waals surface area contributed by atoms with Gasteiger partial charge in [0.05, 0.1) is 19.3 Å². The highest BCUT2D eigenvalue weighted by Crippen LogP contribution is 2.37. The summed E-state index contributed by atoms with van der Waals surface area (Å²) < 4.78 is 10.9. The summed E-state index contributed by atoms with van der Waals surface area (Å²) in [5.41, 5.74) is 1.57. The standard InChI is InChI=1S/C18H15NO4/c1-22-11-3-4-12-10(8-11)2-6-15-17(12)14(9-23-15)13-5-7-16(20)19-18(13)21/h2-4,6,8-9,13H,5,7H2,1H3,(H,19,20,21)/t13-/m1/s1. The minimum Gasteiger partial charge on any atom is -0.497 e. The molecule has 0 aliphatic carbocycles. The van der Waals surface area contributed by atoms with E-state index in [0.717, 1.165) is 33.1 Å². The van der Waals surface area contributed by atoms with Crippen LogP contribution in [0.2, 0.25) is 0 Å². The van der Waals surface area contributed by atoms with Crippen LogP contribution in [-0.4, -0.2) is 18.9 Å². The number of imide groups is 1. The number of amides is 2. The van der Waals surface area contributed by atoms with Crippen molar-refractivity contribution in [2.75, 3.05) is 7.11 Å². The van der Waals surface area contributed by atoms with Crippen molar-refractivity contribution in [1.29, 1.82) is 0 Å². The lowest BCUT2D eigenvalue weighted by Gasteiger charge is -2.20. The maximum atomic E-state index is 12.2. The maximum Gasteiger partial charge on any atom is 0.234 e. The number of carbonyl (C=O) groups is 2. The van der Waals surface area contributed by atoms with Gasteiger partial charge in [0.15, 0.2) is 0 Å². The second kappa shape index (κ2) is 5.12. The molecule has 1 aliphatic heterocycles. The molecule has 0 spiro atoms. The number of ether oxygens (including phenoxy) is 1. The van der Waals surface area contributed by atoms with Gasteiger partial charge in [-0.15, -0.1) is 0 Å². The smallest absolute Gasteiger partial charge is 0.234 e. The van der Waals surface area contributed by atoms with E-state index < -0.39 is 0 Å². The molecule has 5 heteroatoms. The topological polar surface area (TPSA) is 68.5 Å². The molecule has 1 N–H and O–H groups in total. The third kappa shape index (κ3) is 2.16. The summed E-state index contributed by atoms with van der Waals surface area (Å²) in [5.74, 6) is -0.0485. The fourth-order valence-electron chi connectivity index (χ4n) is 3.24. The van der Waals surface area contributed by atoms with Crippen LogP contribution >= 0.6 is 0 Å². The molecule has 1 aromatic heterocycles. The number of fused-ring (bicyclic) bond motifs is 3. The first-order chi connectivity index (χ1) is 11.2. The first-order valence-electron chi connectivity index (χ1n) is 7.49. The Morgan fingerprint density at radius 1 is 1.22 bits per heavy atom. The van der Waals surface area contributed by atoms with Gasteiger partial charge in [0.1, 0.15) is 11.3 Å². The zero-order valence-electron chi connectivity index (χ0n) is 12.6. The van der Waals surface area contributed by atoms with Crippen LogP contribution in [0.1, 0.15) is 24.3 Å². The Balaban J connectivity index is 1.92. The van der Waals surface area contributed by atoms with Crippen LogP contribution in [0.4, 0.5) is 0 Å². The molecular weight excluding hydrogens is 294 g/mol. The molecule has 2 heterocycles. The van der Waals surface area contributed by atoms with Crippen molar-refractivity contribution >= 4 is 33.6 Å². The molecule has 1 aliphatic rings. The number of benzene rings is 2. The zero-order chi connectivity index (χ0) is 16.0. The number of hydrogen-bond donors (Lipinski definition) is 1. The normalized spacial score (nSPS) is 18.4. The van der Waals surface area contributed by atoms with Crippen LogP contribution in [-0.2, 0) is 9.59 Å². The van der Waals surface area contributed by atoms with Gasteiger partial charge in [0.2, 0.25) is 11.8 Å². The quantitative estimate of drug-likeness (QED) is 0.739. The number of carbonyl (C=O) groups excluding carboxylic acids is 2. The largest absolute Gasteiger partial charge is 0.497 e. The van der Waals surface area contributed by atoms with Gasteiger partial charge in [-0.05, 0) is 41.5 Å². The summed E-state index contributed by atoms with van der Waals surface area (Å²) in [7, 11) is 1.63. The molecule has 0 bridgehead atoms. The number of piperidine rings is 1. The molecule has 1 atom stereocenters. The Bertz CT molecular complexity index is 941. The number of methoxy groups -OCH3 is 1. The Morgan fingerprint density at radius 2 is 2.09 bits per heavy atom. The summed E-state index contributed by atoms with van der Waals surface area (Å²) in [6, 6.07) is 9.69. The fourth-order valence-corrected chi connectivity index (χ4v) is 3.24. The van der Waals surface area contributed by atoms with Crippen LogP contribution in [0.3, 0.4) is 0 Å². The van der Waals surface area contributed by atoms with Gasteiger partial charge in [0, 0.05) is 17.4 Å². The Labute approximate surface area is 132 Å². The maximum absolute atomic E-state index is 12.2.